The standard InChI is InChI=1S/C16H21ClN2/c1-19(12-6-2-5-11-17)13-15-10-9-14-7-3-4-8-16(14)18-15/h3-4,7-10H,2,5-6,11-13H2,1H3. The molecule has 0 radical (unpaired) electrons. The number of aromatic nitrogens is 1. The Labute approximate surface area is 120 Å². The highest BCUT2D eigenvalue weighted by atomic mass is 35.5. The van der Waals surface area contributed by atoms with Crippen LogP contribution in [0, 0.1) is 0 Å². The highest BCUT2D eigenvalue weighted by Crippen LogP contribution is 2.12. The monoisotopic (exact) mass is 276 g/mol. The first-order valence-electron chi connectivity index (χ1n) is 6.89. The van der Waals surface area contributed by atoms with Gasteiger partial charge in [-0.25, -0.2) is 0 Å². The number of pyridine rings is 1. The van der Waals surface area contributed by atoms with Crippen LogP contribution >= 0.6 is 11.6 Å². The molecule has 3 heteroatoms. The minimum Gasteiger partial charge on any atom is -0.301 e. The number of nitrogens with zero attached hydrogens (tertiary/aromatic N) is 2. The van der Waals surface area contributed by atoms with Gasteiger partial charge in [0, 0.05) is 17.8 Å². The van der Waals surface area contributed by atoms with Crippen molar-refractivity contribution in [3.63, 3.8) is 0 Å². The maximum atomic E-state index is 5.68. The van der Waals surface area contributed by atoms with Crippen molar-refractivity contribution in [2.24, 2.45) is 0 Å². The minimum absolute atomic E-state index is 0.774. The Balaban J connectivity index is 1.89. The Kier molecular flexibility index (Phi) is 5.62. The number of halogens is 1. The first-order valence-corrected chi connectivity index (χ1v) is 7.42. The van der Waals surface area contributed by atoms with E-state index in [2.05, 4.69) is 36.2 Å². The zero-order valence-electron chi connectivity index (χ0n) is 11.5. The van der Waals surface area contributed by atoms with Crippen molar-refractivity contribution in [1.82, 2.24) is 9.88 Å². The number of para-hydroxylation sites is 1. The average Bonchev–Trinajstić information content (AvgIpc) is 2.43. The highest BCUT2D eigenvalue weighted by Gasteiger charge is 2.02. The molecule has 0 N–H and O–H groups in total. The second-order valence-electron chi connectivity index (χ2n) is 4.98. The second-order valence-corrected chi connectivity index (χ2v) is 5.36. The Morgan fingerprint density at radius 3 is 2.74 bits per heavy atom. The molecular weight excluding hydrogens is 256 g/mol. The summed E-state index contributed by atoms with van der Waals surface area (Å²) >= 11 is 5.68. The largest absolute Gasteiger partial charge is 0.301 e. The summed E-state index contributed by atoms with van der Waals surface area (Å²) in [7, 11) is 2.15. The molecule has 0 aliphatic rings. The summed E-state index contributed by atoms with van der Waals surface area (Å²) in [5.74, 6) is 0.774. The van der Waals surface area contributed by atoms with Crippen LogP contribution in [0.3, 0.4) is 0 Å². The molecule has 0 spiro atoms. The van der Waals surface area contributed by atoms with Gasteiger partial charge in [0.25, 0.3) is 0 Å². The van der Waals surface area contributed by atoms with Crippen molar-refractivity contribution in [2.75, 3.05) is 19.5 Å². The maximum Gasteiger partial charge on any atom is 0.0705 e. The van der Waals surface area contributed by atoms with Crippen LogP contribution in [0.25, 0.3) is 10.9 Å². The lowest BCUT2D eigenvalue weighted by Gasteiger charge is -2.16. The van der Waals surface area contributed by atoms with Gasteiger partial charge in [0.15, 0.2) is 0 Å². The van der Waals surface area contributed by atoms with Crippen LogP contribution in [0.4, 0.5) is 0 Å². The molecular formula is C16H21ClN2. The summed E-state index contributed by atoms with van der Waals surface area (Å²) in [6.07, 6.45) is 3.53. The van der Waals surface area contributed by atoms with E-state index in [9.17, 15) is 0 Å². The average molecular weight is 277 g/mol. The molecule has 0 atom stereocenters. The zero-order valence-corrected chi connectivity index (χ0v) is 12.2. The summed E-state index contributed by atoms with van der Waals surface area (Å²) in [6, 6.07) is 12.5. The van der Waals surface area contributed by atoms with Gasteiger partial charge in [0.1, 0.15) is 0 Å². The number of hydrogen-bond donors (Lipinski definition) is 0. The lowest BCUT2D eigenvalue weighted by atomic mass is 10.2. The summed E-state index contributed by atoms with van der Waals surface area (Å²) in [4.78, 5) is 7.02. The van der Waals surface area contributed by atoms with Gasteiger partial charge in [-0.15, -0.1) is 11.6 Å². The fraction of sp³-hybridized carbons (Fsp3) is 0.438. The Bertz CT molecular complexity index is 513. The molecule has 0 aliphatic carbocycles. The normalized spacial score (nSPS) is 11.3. The third-order valence-electron chi connectivity index (χ3n) is 3.26. The van der Waals surface area contributed by atoms with Gasteiger partial charge in [-0.3, -0.25) is 4.98 Å². The maximum absolute atomic E-state index is 5.68. The van der Waals surface area contributed by atoms with Crippen molar-refractivity contribution in [3.05, 3.63) is 42.1 Å². The quantitative estimate of drug-likeness (QED) is 0.560. The minimum atomic E-state index is 0.774. The highest BCUT2D eigenvalue weighted by molar-refractivity contribution is 6.17. The topological polar surface area (TPSA) is 16.1 Å². The van der Waals surface area contributed by atoms with Gasteiger partial charge in [0.05, 0.1) is 11.2 Å². The van der Waals surface area contributed by atoms with Crippen LogP contribution in [-0.4, -0.2) is 29.4 Å². The van der Waals surface area contributed by atoms with Gasteiger partial charge in [-0.05, 0) is 38.6 Å². The number of alkyl halides is 1. The van der Waals surface area contributed by atoms with E-state index in [0.717, 1.165) is 36.6 Å². The summed E-state index contributed by atoms with van der Waals surface area (Å²) in [5.41, 5.74) is 2.22. The molecule has 1 aromatic heterocycles. The van der Waals surface area contributed by atoms with Crippen LogP contribution in [-0.2, 0) is 6.54 Å². The van der Waals surface area contributed by atoms with E-state index < -0.39 is 0 Å². The molecule has 0 amide bonds. The van der Waals surface area contributed by atoms with Crippen molar-refractivity contribution < 1.29 is 0 Å². The molecule has 0 saturated carbocycles. The third-order valence-corrected chi connectivity index (χ3v) is 3.53. The molecule has 2 nitrogen and oxygen atoms in total. The van der Waals surface area contributed by atoms with Gasteiger partial charge in [-0.2, -0.15) is 0 Å². The number of benzene rings is 1. The van der Waals surface area contributed by atoms with Crippen LogP contribution in [0.15, 0.2) is 36.4 Å². The molecule has 0 bridgehead atoms. The molecule has 0 saturated heterocycles. The second kappa shape index (κ2) is 7.46. The SMILES string of the molecule is CN(CCCCCCl)Cc1ccc2ccccc2n1. The lowest BCUT2D eigenvalue weighted by Crippen LogP contribution is -2.19. The molecule has 2 aromatic rings. The molecule has 19 heavy (non-hydrogen) atoms. The van der Waals surface area contributed by atoms with Crippen molar-refractivity contribution in [2.45, 2.75) is 25.8 Å². The third kappa shape index (κ3) is 4.48. The van der Waals surface area contributed by atoms with E-state index in [1.165, 1.54) is 18.2 Å². The Morgan fingerprint density at radius 2 is 1.89 bits per heavy atom. The van der Waals surface area contributed by atoms with Crippen molar-refractivity contribution in [3.8, 4) is 0 Å². The molecule has 2 rings (SSSR count). The molecule has 102 valence electrons. The van der Waals surface area contributed by atoms with Crippen LogP contribution in [0.2, 0.25) is 0 Å². The Hall–Kier alpha value is -1.12. The van der Waals surface area contributed by atoms with E-state index in [1.807, 2.05) is 12.1 Å². The summed E-state index contributed by atoms with van der Waals surface area (Å²) < 4.78 is 0. The predicted molar refractivity (Wildman–Crippen MR) is 82.6 cm³/mol. The van der Waals surface area contributed by atoms with Gasteiger partial charge in [-0.1, -0.05) is 30.7 Å². The predicted octanol–water partition coefficient (Wildman–Crippen LogP) is 4.08. The van der Waals surface area contributed by atoms with Crippen molar-refractivity contribution in [1.29, 1.82) is 0 Å². The van der Waals surface area contributed by atoms with Gasteiger partial charge >= 0.3 is 0 Å². The molecule has 1 aromatic carbocycles. The van der Waals surface area contributed by atoms with E-state index >= 15 is 0 Å². The fourth-order valence-corrected chi connectivity index (χ4v) is 2.39. The zero-order chi connectivity index (χ0) is 13.5. The molecule has 0 aliphatic heterocycles. The van der Waals surface area contributed by atoms with E-state index in [0.29, 0.717) is 0 Å². The first-order chi connectivity index (χ1) is 9.29. The van der Waals surface area contributed by atoms with Gasteiger partial charge < -0.3 is 4.90 Å². The number of rotatable bonds is 7. The molecule has 0 unspecified atom stereocenters. The Morgan fingerprint density at radius 1 is 1.05 bits per heavy atom. The van der Waals surface area contributed by atoms with E-state index in [1.54, 1.807) is 0 Å². The number of unbranched alkanes of at least 4 members (excludes halogenated alkanes) is 2. The van der Waals surface area contributed by atoms with Crippen LogP contribution in [0.1, 0.15) is 25.0 Å². The van der Waals surface area contributed by atoms with E-state index in [-0.39, 0.29) is 0 Å². The summed E-state index contributed by atoms with van der Waals surface area (Å²) in [6.45, 7) is 2.01. The van der Waals surface area contributed by atoms with Crippen molar-refractivity contribution >= 4 is 22.5 Å². The molecule has 1 heterocycles. The first kappa shape index (κ1) is 14.3. The number of fused-ring (bicyclic) bond motifs is 1. The van der Waals surface area contributed by atoms with E-state index in [4.69, 9.17) is 16.6 Å². The van der Waals surface area contributed by atoms with Crippen LogP contribution < -0.4 is 0 Å². The number of hydrogen-bond acceptors (Lipinski definition) is 2. The lowest BCUT2D eigenvalue weighted by molar-refractivity contribution is 0.315. The van der Waals surface area contributed by atoms with Gasteiger partial charge in [0.2, 0.25) is 0 Å². The van der Waals surface area contributed by atoms with Crippen LogP contribution in [0.5, 0.6) is 0 Å². The fourth-order valence-electron chi connectivity index (χ4n) is 2.20. The summed E-state index contributed by atoms with van der Waals surface area (Å²) in [5, 5.41) is 1.20. The molecule has 0 fully saturated rings. The smallest absolute Gasteiger partial charge is 0.0705 e.